The van der Waals surface area contributed by atoms with Crippen LogP contribution in [0.4, 0.5) is 0 Å². The first kappa shape index (κ1) is 19.1. The Balaban J connectivity index is 1.93. The number of rotatable bonds is 1. The van der Waals surface area contributed by atoms with Gasteiger partial charge < -0.3 is 4.40 Å². The number of hydrogen-bond donors (Lipinski definition) is 0. The molecule has 0 aliphatic heterocycles. The zero-order chi connectivity index (χ0) is 22.6. The van der Waals surface area contributed by atoms with Gasteiger partial charge in [-0.3, -0.25) is 0 Å². The second-order valence-corrected chi connectivity index (χ2v) is 15.7. The molecule has 0 amide bonds. The van der Waals surface area contributed by atoms with E-state index < -0.39 is 8.07 Å². The molecule has 160 valence electrons. The van der Waals surface area contributed by atoms with Gasteiger partial charge in [0, 0.05) is 22.2 Å². The molecule has 0 bridgehead atoms. The molecule has 0 aliphatic rings. The van der Waals surface area contributed by atoms with Crippen LogP contribution in [0.3, 0.4) is 0 Å². The molecular weight excluding hydrogens is 416 g/mol. The van der Waals surface area contributed by atoms with Crippen molar-refractivity contribution in [2.45, 2.75) is 26.6 Å². The zero-order valence-electron chi connectivity index (χ0n) is 19.8. The molecule has 7 rings (SSSR count). The van der Waals surface area contributed by atoms with Crippen LogP contribution in [0, 0.1) is 6.92 Å². The van der Waals surface area contributed by atoms with Gasteiger partial charge in [0.15, 0.2) is 6.20 Å². The van der Waals surface area contributed by atoms with E-state index in [1.165, 1.54) is 70.5 Å². The van der Waals surface area contributed by atoms with E-state index in [-0.39, 0.29) is 0 Å². The minimum absolute atomic E-state index is 1.29. The Labute approximate surface area is 194 Å². The molecule has 2 nitrogen and oxygen atoms in total. The minimum atomic E-state index is -1.52. The predicted octanol–water partition coefficient (Wildman–Crippen LogP) is 6.82. The molecule has 7 aromatic rings. The zero-order valence-corrected chi connectivity index (χ0v) is 20.8. The first-order chi connectivity index (χ1) is 15.9. The number of fused-ring (bicyclic) bond motifs is 7. The number of aryl methyl sites for hydroxylation is 2. The fraction of sp³-hybridized carbons (Fsp3) is 0.167. The first-order valence-corrected chi connectivity index (χ1v) is 15.3. The third-order valence-corrected chi connectivity index (χ3v) is 9.64. The average molecular weight is 444 g/mol. The second kappa shape index (κ2) is 6.12. The van der Waals surface area contributed by atoms with Gasteiger partial charge in [-0.15, -0.1) is 0 Å². The summed E-state index contributed by atoms with van der Waals surface area (Å²) >= 11 is 0. The molecule has 0 saturated heterocycles. The van der Waals surface area contributed by atoms with Gasteiger partial charge in [0.1, 0.15) is 7.05 Å². The molecule has 3 heteroatoms. The lowest BCUT2D eigenvalue weighted by atomic mass is 9.96. The van der Waals surface area contributed by atoms with Gasteiger partial charge in [-0.1, -0.05) is 73.4 Å². The van der Waals surface area contributed by atoms with Crippen LogP contribution in [-0.2, 0) is 7.05 Å². The Morgan fingerprint density at radius 1 is 0.697 bits per heavy atom. The van der Waals surface area contributed by atoms with E-state index in [1.54, 1.807) is 0 Å². The highest BCUT2D eigenvalue weighted by atomic mass is 28.3. The third kappa shape index (κ3) is 2.30. The van der Waals surface area contributed by atoms with E-state index in [4.69, 9.17) is 0 Å². The maximum Gasteiger partial charge on any atom is 0.224 e. The maximum atomic E-state index is 2.54. The van der Waals surface area contributed by atoms with Crippen LogP contribution >= 0.6 is 0 Å². The summed E-state index contributed by atoms with van der Waals surface area (Å²) in [5, 5.41) is 11.1. The van der Waals surface area contributed by atoms with Gasteiger partial charge in [-0.25, -0.2) is 4.57 Å². The van der Waals surface area contributed by atoms with Gasteiger partial charge in [-0.05, 0) is 35.4 Å². The summed E-state index contributed by atoms with van der Waals surface area (Å²) in [6.45, 7) is 9.62. The normalized spacial score (nSPS) is 13.0. The van der Waals surface area contributed by atoms with Crippen LogP contribution in [0.2, 0.25) is 19.6 Å². The Morgan fingerprint density at radius 2 is 1.48 bits per heavy atom. The Morgan fingerprint density at radius 3 is 2.30 bits per heavy atom. The van der Waals surface area contributed by atoms with Crippen LogP contribution in [-0.4, -0.2) is 12.5 Å². The van der Waals surface area contributed by atoms with E-state index in [9.17, 15) is 0 Å². The topological polar surface area (TPSA) is 8.29 Å². The van der Waals surface area contributed by atoms with Crippen molar-refractivity contribution in [3.63, 3.8) is 0 Å². The molecule has 0 unspecified atom stereocenters. The molecule has 0 saturated carbocycles. The summed E-state index contributed by atoms with van der Waals surface area (Å²) in [5.74, 6) is 0. The minimum Gasteiger partial charge on any atom is -0.307 e. The van der Waals surface area contributed by atoms with Gasteiger partial charge >= 0.3 is 0 Å². The van der Waals surface area contributed by atoms with Crippen molar-refractivity contribution in [3.8, 4) is 0 Å². The highest BCUT2D eigenvalue weighted by Gasteiger charge is 2.26. The molecule has 0 N–H and O–H groups in total. The van der Waals surface area contributed by atoms with E-state index in [1.807, 2.05) is 0 Å². The largest absolute Gasteiger partial charge is 0.307 e. The smallest absolute Gasteiger partial charge is 0.224 e. The van der Waals surface area contributed by atoms with Crippen LogP contribution in [0.5, 0.6) is 0 Å². The van der Waals surface area contributed by atoms with Crippen molar-refractivity contribution in [1.82, 2.24) is 4.40 Å². The van der Waals surface area contributed by atoms with Crippen molar-refractivity contribution in [3.05, 3.63) is 78.5 Å². The molecule has 0 spiro atoms. The van der Waals surface area contributed by atoms with Crippen molar-refractivity contribution in [1.29, 1.82) is 0 Å². The van der Waals surface area contributed by atoms with Gasteiger partial charge in [-0.2, -0.15) is 0 Å². The molecule has 4 aromatic carbocycles. The fourth-order valence-corrected chi connectivity index (χ4v) is 7.75. The number of benzene rings is 4. The number of hydrogen-bond acceptors (Lipinski definition) is 0. The first-order valence-electron chi connectivity index (χ1n) is 11.8. The summed E-state index contributed by atoms with van der Waals surface area (Å²) in [6.07, 6.45) is 2.25. The lowest BCUT2D eigenvalue weighted by Crippen LogP contribution is -2.38. The van der Waals surface area contributed by atoms with E-state index in [0.717, 1.165) is 0 Å². The molecular formula is C30H27N2Si+. The van der Waals surface area contributed by atoms with E-state index >= 15 is 0 Å². The molecule has 0 fully saturated rings. The molecule has 0 atom stereocenters. The molecule has 0 radical (unpaired) electrons. The summed E-state index contributed by atoms with van der Waals surface area (Å²) in [5.41, 5.74) is 6.62. The van der Waals surface area contributed by atoms with Crippen molar-refractivity contribution >= 4 is 73.0 Å². The van der Waals surface area contributed by atoms with Crippen molar-refractivity contribution < 1.29 is 4.57 Å². The molecule has 0 aliphatic carbocycles. The van der Waals surface area contributed by atoms with Gasteiger partial charge in [0.05, 0.1) is 35.4 Å². The lowest BCUT2D eigenvalue weighted by molar-refractivity contribution is -0.643. The van der Waals surface area contributed by atoms with Crippen LogP contribution in [0.25, 0.3) is 59.8 Å². The third-order valence-electron chi connectivity index (χ3n) is 7.59. The Hall–Kier alpha value is -3.43. The lowest BCUT2D eigenvalue weighted by Gasteiger charge is -2.21. The summed E-state index contributed by atoms with van der Waals surface area (Å²) in [4.78, 5) is 0. The monoisotopic (exact) mass is 443 g/mol. The average Bonchev–Trinajstić information content (AvgIpc) is 3.13. The summed E-state index contributed by atoms with van der Waals surface area (Å²) < 4.78 is 4.87. The molecule has 3 heterocycles. The van der Waals surface area contributed by atoms with Gasteiger partial charge in [0.2, 0.25) is 5.52 Å². The number of aromatic nitrogens is 2. The molecule has 3 aromatic heterocycles. The highest BCUT2D eigenvalue weighted by Crippen LogP contribution is 2.42. The van der Waals surface area contributed by atoms with E-state index in [2.05, 4.69) is 116 Å². The van der Waals surface area contributed by atoms with Crippen molar-refractivity contribution in [2.24, 2.45) is 7.05 Å². The van der Waals surface area contributed by atoms with Crippen molar-refractivity contribution in [2.75, 3.05) is 0 Å². The number of para-hydroxylation sites is 1. The number of nitrogens with zero attached hydrogens (tertiary/aromatic N) is 2. The maximum absolute atomic E-state index is 2.54. The molecule has 33 heavy (non-hydrogen) atoms. The standard InChI is InChI=1S/C30H27N2Si/c1-18-13-14-22-20-9-6-7-11-24(20)32-25-17-23-19(10-8-12-26(23)33(3,4)5)21-15-16-31(2)30(28(21)25)27(18)29(22)32/h6-17H,1-5H3/q+1. The second-order valence-electron chi connectivity index (χ2n) is 10.6. The summed E-state index contributed by atoms with van der Waals surface area (Å²) in [7, 11) is 0.670. The van der Waals surface area contributed by atoms with Crippen LogP contribution < -0.4 is 9.75 Å². The van der Waals surface area contributed by atoms with Gasteiger partial charge in [0.25, 0.3) is 0 Å². The predicted molar refractivity (Wildman–Crippen MR) is 145 cm³/mol. The van der Waals surface area contributed by atoms with Crippen LogP contribution in [0.15, 0.2) is 72.9 Å². The highest BCUT2D eigenvalue weighted by molar-refractivity contribution is 6.90. The van der Waals surface area contributed by atoms with Crippen LogP contribution in [0.1, 0.15) is 5.56 Å². The SMILES string of the molecule is Cc1ccc2c3ccccc3n3c4cc5c([Si](C)(C)C)cccc5c5cc[n+](C)c(c1c23)c54. The Bertz CT molecular complexity index is 1920. The van der Waals surface area contributed by atoms with E-state index in [0.29, 0.717) is 0 Å². The quantitative estimate of drug-likeness (QED) is 0.114. The fourth-order valence-electron chi connectivity index (χ4n) is 6.14. The Kier molecular flexibility index (Phi) is 3.54. The summed E-state index contributed by atoms with van der Waals surface area (Å²) in [6, 6.07) is 25.2. The number of pyridine rings is 2.